The second-order valence-corrected chi connectivity index (χ2v) is 6.77. The molecule has 2 heterocycles. The highest BCUT2D eigenvalue weighted by Gasteiger charge is 2.45. The van der Waals surface area contributed by atoms with E-state index in [1.807, 2.05) is 30.0 Å². The normalized spacial score (nSPS) is 27.5. The minimum Gasteiger partial charge on any atom is -0.364 e. The summed E-state index contributed by atoms with van der Waals surface area (Å²) in [5.74, 6) is 0. The number of ether oxygens (including phenoxy) is 1. The summed E-state index contributed by atoms with van der Waals surface area (Å²) in [6.07, 6.45) is 1.63. The van der Waals surface area contributed by atoms with Crippen LogP contribution in [0.2, 0.25) is 5.02 Å². The molecular weight excluding hydrogens is 276 g/mol. The van der Waals surface area contributed by atoms with Crippen molar-refractivity contribution in [3.63, 3.8) is 0 Å². The number of halogens is 1. The van der Waals surface area contributed by atoms with E-state index in [4.69, 9.17) is 16.3 Å². The lowest BCUT2D eigenvalue weighted by molar-refractivity contribution is 0.0728. The standard InChI is InChI=1S/C16H13ClOS/c17-10-4-3-5-11(8-10)19-15-9-14-12-6-1-2-7-13(12)16(15)18-14/h1-8,14-16H,9H2/t14-,15+,16-/m0/s1. The number of fused-ring (bicyclic) bond motifs is 5. The van der Waals surface area contributed by atoms with Crippen molar-refractivity contribution in [3.05, 3.63) is 64.7 Å². The van der Waals surface area contributed by atoms with Gasteiger partial charge in [0.25, 0.3) is 0 Å². The van der Waals surface area contributed by atoms with Gasteiger partial charge in [-0.1, -0.05) is 41.9 Å². The van der Waals surface area contributed by atoms with Crippen LogP contribution >= 0.6 is 23.4 Å². The van der Waals surface area contributed by atoms with Crippen molar-refractivity contribution in [3.8, 4) is 0 Å². The average Bonchev–Trinajstić information content (AvgIpc) is 2.98. The van der Waals surface area contributed by atoms with Crippen LogP contribution in [0.5, 0.6) is 0 Å². The van der Waals surface area contributed by atoms with E-state index < -0.39 is 0 Å². The molecule has 3 heteroatoms. The summed E-state index contributed by atoms with van der Waals surface area (Å²) >= 11 is 7.93. The number of benzene rings is 2. The zero-order valence-electron chi connectivity index (χ0n) is 10.3. The zero-order valence-corrected chi connectivity index (χ0v) is 11.8. The molecule has 2 aromatic carbocycles. The fraction of sp³-hybridized carbons (Fsp3) is 0.250. The van der Waals surface area contributed by atoms with Crippen molar-refractivity contribution >= 4 is 23.4 Å². The van der Waals surface area contributed by atoms with Gasteiger partial charge in [0, 0.05) is 15.2 Å². The molecule has 0 N–H and O–H groups in total. The lowest BCUT2D eigenvalue weighted by atomic mass is 9.92. The van der Waals surface area contributed by atoms with Gasteiger partial charge in [0.05, 0.1) is 12.2 Å². The Balaban J connectivity index is 1.60. The highest BCUT2D eigenvalue weighted by molar-refractivity contribution is 8.00. The molecule has 0 aliphatic carbocycles. The third-order valence-corrected chi connectivity index (χ3v) is 5.33. The lowest BCUT2D eigenvalue weighted by Gasteiger charge is -2.20. The molecule has 1 fully saturated rings. The Labute approximate surface area is 121 Å². The largest absolute Gasteiger partial charge is 0.364 e. The van der Waals surface area contributed by atoms with Crippen molar-refractivity contribution in [2.24, 2.45) is 0 Å². The third kappa shape index (κ3) is 1.99. The van der Waals surface area contributed by atoms with Gasteiger partial charge in [-0.3, -0.25) is 0 Å². The highest BCUT2D eigenvalue weighted by atomic mass is 35.5. The van der Waals surface area contributed by atoms with Crippen LogP contribution in [0.15, 0.2) is 53.4 Å². The zero-order chi connectivity index (χ0) is 12.8. The number of hydrogen-bond donors (Lipinski definition) is 0. The molecule has 0 spiro atoms. The molecule has 19 heavy (non-hydrogen) atoms. The van der Waals surface area contributed by atoms with Gasteiger partial charge in [-0.15, -0.1) is 11.8 Å². The second-order valence-electron chi connectivity index (χ2n) is 5.02. The molecule has 0 aromatic heterocycles. The molecule has 2 bridgehead atoms. The van der Waals surface area contributed by atoms with Crippen molar-refractivity contribution < 1.29 is 4.74 Å². The first-order valence-corrected chi connectivity index (χ1v) is 7.73. The van der Waals surface area contributed by atoms with E-state index in [2.05, 4.69) is 30.3 Å². The Morgan fingerprint density at radius 1 is 1.05 bits per heavy atom. The van der Waals surface area contributed by atoms with E-state index in [1.165, 1.54) is 16.0 Å². The molecule has 96 valence electrons. The maximum atomic E-state index is 6.10. The summed E-state index contributed by atoms with van der Waals surface area (Å²) in [5, 5.41) is 1.30. The van der Waals surface area contributed by atoms with Gasteiger partial charge in [0.2, 0.25) is 0 Å². The smallest absolute Gasteiger partial charge is 0.0960 e. The van der Waals surface area contributed by atoms with Gasteiger partial charge < -0.3 is 4.74 Å². The number of hydrogen-bond acceptors (Lipinski definition) is 2. The van der Waals surface area contributed by atoms with Crippen molar-refractivity contribution in [2.45, 2.75) is 28.8 Å². The van der Waals surface area contributed by atoms with Crippen LogP contribution in [0.1, 0.15) is 29.8 Å². The van der Waals surface area contributed by atoms with E-state index >= 15 is 0 Å². The van der Waals surface area contributed by atoms with Crippen LogP contribution in [0.3, 0.4) is 0 Å². The molecule has 2 aliphatic rings. The van der Waals surface area contributed by atoms with Crippen molar-refractivity contribution in [1.82, 2.24) is 0 Å². The first-order valence-electron chi connectivity index (χ1n) is 6.48. The van der Waals surface area contributed by atoms with E-state index in [-0.39, 0.29) is 12.2 Å². The van der Waals surface area contributed by atoms with Gasteiger partial charge in [-0.05, 0) is 35.7 Å². The maximum Gasteiger partial charge on any atom is 0.0960 e. The first kappa shape index (κ1) is 11.8. The monoisotopic (exact) mass is 288 g/mol. The minimum atomic E-state index is 0.241. The van der Waals surface area contributed by atoms with E-state index in [9.17, 15) is 0 Å². The van der Waals surface area contributed by atoms with Crippen LogP contribution in [0.25, 0.3) is 0 Å². The van der Waals surface area contributed by atoms with Gasteiger partial charge in [-0.25, -0.2) is 0 Å². The van der Waals surface area contributed by atoms with Gasteiger partial charge in [-0.2, -0.15) is 0 Å². The molecule has 3 atom stereocenters. The van der Waals surface area contributed by atoms with Crippen LogP contribution < -0.4 is 0 Å². The molecule has 0 unspecified atom stereocenters. The minimum absolute atomic E-state index is 0.241. The Morgan fingerprint density at radius 3 is 2.74 bits per heavy atom. The SMILES string of the molecule is Clc1cccc(S[C@@H]2C[C@@H]3O[C@H]2c2ccccc23)c1. The fourth-order valence-corrected chi connectivity index (χ4v) is 4.58. The fourth-order valence-electron chi connectivity index (χ4n) is 3.02. The van der Waals surface area contributed by atoms with E-state index in [0.717, 1.165) is 11.4 Å². The van der Waals surface area contributed by atoms with Crippen LogP contribution in [0, 0.1) is 0 Å². The third-order valence-electron chi connectivity index (χ3n) is 3.83. The molecule has 2 aromatic rings. The number of thioether (sulfide) groups is 1. The lowest BCUT2D eigenvalue weighted by Crippen LogP contribution is -2.12. The Bertz CT molecular complexity index is 628. The predicted molar refractivity (Wildman–Crippen MR) is 78.7 cm³/mol. The van der Waals surface area contributed by atoms with Gasteiger partial charge in [0.15, 0.2) is 0 Å². The molecule has 2 aliphatic heterocycles. The second kappa shape index (κ2) is 4.55. The summed E-state index contributed by atoms with van der Waals surface area (Å²) in [6.45, 7) is 0. The topological polar surface area (TPSA) is 9.23 Å². The van der Waals surface area contributed by atoms with Gasteiger partial charge >= 0.3 is 0 Å². The molecule has 0 saturated carbocycles. The van der Waals surface area contributed by atoms with E-state index in [1.54, 1.807) is 0 Å². The van der Waals surface area contributed by atoms with Crippen molar-refractivity contribution in [2.75, 3.05) is 0 Å². The van der Waals surface area contributed by atoms with Crippen LogP contribution in [0.4, 0.5) is 0 Å². The van der Waals surface area contributed by atoms with Gasteiger partial charge in [0.1, 0.15) is 0 Å². The van der Waals surface area contributed by atoms with Crippen LogP contribution in [-0.2, 0) is 4.74 Å². The molecular formula is C16H13ClOS. The Hall–Kier alpha value is -0.960. The molecule has 1 nitrogen and oxygen atoms in total. The Kier molecular flexibility index (Phi) is 2.83. The van der Waals surface area contributed by atoms with E-state index in [0.29, 0.717) is 5.25 Å². The van der Waals surface area contributed by atoms with Crippen LogP contribution in [-0.4, -0.2) is 5.25 Å². The summed E-state index contributed by atoms with van der Waals surface area (Å²) in [6, 6.07) is 16.7. The molecule has 4 rings (SSSR count). The van der Waals surface area contributed by atoms with Crippen molar-refractivity contribution in [1.29, 1.82) is 0 Å². The summed E-state index contributed by atoms with van der Waals surface area (Å²) in [5.41, 5.74) is 2.76. The average molecular weight is 289 g/mol. The Morgan fingerprint density at radius 2 is 1.89 bits per heavy atom. The molecule has 0 radical (unpaired) electrons. The maximum absolute atomic E-state index is 6.10. The summed E-state index contributed by atoms with van der Waals surface area (Å²) in [7, 11) is 0. The first-order chi connectivity index (χ1) is 9.31. The quantitative estimate of drug-likeness (QED) is 0.767. The molecule has 0 amide bonds. The molecule has 1 saturated heterocycles. The summed E-state index contributed by atoms with van der Waals surface area (Å²) in [4.78, 5) is 1.23. The highest BCUT2D eigenvalue weighted by Crippen LogP contribution is 2.55. The number of rotatable bonds is 2. The summed E-state index contributed by atoms with van der Waals surface area (Å²) < 4.78 is 6.10. The predicted octanol–water partition coefficient (Wildman–Crippen LogP) is 5.02.